The highest BCUT2D eigenvalue weighted by Crippen LogP contribution is 2.44. The van der Waals surface area contributed by atoms with Crippen molar-refractivity contribution in [1.82, 2.24) is 0 Å². The number of amides is 1. The molecule has 0 aromatic heterocycles. The van der Waals surface area contributed by atoms with Crippen LogP contribution in [0.25, 0.3) is 21.9 Å². The number of rotatable bonds is 5. The van der Waals surface area contributed by atoms with Gasteiger partial charge in [-0.3, -0.25) is 4.90 Å². The van der Waals surface area contributed by atoms with Crippen LogP contribution in [-0.2, 0) is 9.53 Å². The van der Waals surface area contributed by atoms with Crippen molar-refractivity contribution in [2.75, 3.05) is 11.5 Å². The SMILES string of the molecule is C[C@@H](C(=O)O)N(C(=O)OCC1c2ccccc2-c2ccccc21)c1ccc2ccccc2c1. The molecule has 5 heteroatoms. The number of carboxylic acids is 1. The van der Waals surface area contributed by atoms with E-state index in [9.17, 15) is 14.7 Å². The second-order valence-electron chi connectivity index (χ2n) is 8.22. The van der Waals surface area contributed by atoms with Gasteiger partial charge in [0.15, 0.2) is 0 Å². The molecule has 1 amide bonds. The monoisotopic (exact) mass is 437 g/mol. The molecule has 0 saturated heterocycles. The van der Waals surface area contributed by atoms with E-state index in [-0.39, 0.29) is 12.5 Å². The summed E-state index contributed by atoms with van der Waals surface area (Å²) in [4.78, 5) is 26.3. The summed E-state index contributed by atoms with van der Waals surface area (Å²) in [7, 11) is 0. The zero-order valence-electron chi connectivity index (χ0n) is 18.1. The van der Waals surface area contributed by atoms with Gasteiger partial charge in [-0.05, 0) is 52.1 Å². The minimum absolute atomic E-state index is 0.0973. The van der Waals surface area contributed by atoms with Crippen molar-refractivity contribution in [2.45, 2.75) is 18.9 Å². The van der Waals surface area contributed by atoms with Crippen molar-refractivity contribution in [3.05, 3.63) is 102 Å². The molecule has 0 bridgehead atoms. The highest BCUT2D eigenvalue weighted by Gasteiger charge is 2.32. The third kappa shape index (κ3) is 3.72. The molecule has 5 nitrogen and oxygen atoms in total. The minimum Gasteiger partial charge on any atom is -0.480 e. The molecule has 164 valence electrons. The normalized spacial score (nSPS) is 13.2. The number of carbonyl (C=O) groups excluding carboxylic acids is 1. The van der Waals surface area contributed by atoms with Crippen LogP contribution in [0.5, 0.6) is 0 Å². The molecular formula is C28H23NO4. The van der Waals surface area contributed by atoms with Gasteiger partial charge in [0, 0.05) is 11.6 Å². The maximum atomic E-state index is 13.2. The Bertz CT molecular complexity index is 1320. The molecule has 1 N–H and O–H groups in total. The molecule has 1 aliphatic carbocycles. The molecule has 0 saturated carbocycles. The number of aliphatic carboxylic acids is 1. The topological polar surface area (TPSA) is 66.8 Å². The number of hydrogen-bond donors (Lipinski definition) is 1. The second-order valence-corrected chi connectivity index (χ2v) is 8.22. The number of carboxylic acid groups (broad SMARTS) is 1. The molecule has 0 unspecified atom stereocenters. The van der Waals surface area contributed by atoms with Crippen LogP contribution in [0.1, 0.15) is 24.0 Å². The highest BCUT2D eigenvalue weighted by atomic mass is 16.6. The zero-order chi connectivity index (χ0) is 22.9. The molecule has 0 radical (unpaired) electrons. The van der Waals surface area contributed by atoms with E-state index in [1.165, 1.54) is 11.8 Å². The minimum atomic E-state index is -1.10. The summed E-state index contributed by atoms with van der Waals surface area (Å²) >= 11 is 0. The molecule has 33 heavy (non-hydrogen) atoms. The molecule has 0 fully saturated rings. The predicted molar refractivity (Wildman–Crippen MR) is 129 cm³/mol. The quantitative estimate of drug-likeness (QED) is 0.412. The zero-order valence-corrected chi connectivity index (χ0v) is 18.1. The first kappa shape index (κ1) is 20.8. The van der Waals surface area contributed by atoms with Crippen LogP contribution in [0.4, 0.5) is 10.5 Å². The van der Waals surface area contributed by atoms with E-state index in [2.05, 4.69) is 24.3 Å². The van der Waals surface area contributed by atoms with Crippen LogP contribution in [-0.4, -0.2) is 29.8 Å². The molecule has 4 aromatic rings. The van der Waals surface area contributed by atoms with Crippen molar-refractivity contribution in [2.24, 2.45) is 0 Å². The Morgan fingerprint density at radius 3 is 2.06 bits per heavy atom. The lowest BCUT2D eigenvalue weighted by molar-refractivity contribution is -0.138. The van der Waals surface area contributed by atoms with Crippen molar-refractivity contribution in [3.8, 4) is 11.1 Å². The van der Waals surface area contributed by atoms with Crippen molar-refractivity contribution < 1.29 is 19.4 Å². The van der Waals surface area contributed by atoms with E-state index in [1.807, 2.05) is 60.7 Å². The summed E-state index contributed by atoms with van der Waals surface area (Å²) in [6.45, 7) is 1.61. The molecule has 1 atom stereocenters. The first-order valence-electron chi connectivity index (χ1n) is 10.9. The van der Waals surface area contributed by atoms with Gasteiger partial charge in [-0.2, -0.15) is 0 Å². The van der Waals surface area contributed by atoms with Crippen molar-refractivity contribution in [1.29, 1.82) is 0 Å². The standard InChI is InChI=1S/C28H23NO4/c1-18(27(30)31)29(21-15-14-19-8-2-3-9-20(19)16-21)28(32)33-17-26-24-12-6-4-10-22(24)23-11-5-7-13-25(23)26/h2-16,18,26H,17H2,1H3,(H,30,31)/t18-/m0/s1. The fourth-order valence-electron chi connectivity index (χ4n) is 4.59. The molecule has 0 aliphatic heterocycles. The van der Waals surface area contributed by atoms with Gasteiger partial charge in [0.05, 0.1) is 0 Å². The molecule has 0 spiro atoms. The summed E-state index contributed by atoms with van der Waals surface area (Å²) < 4.78 is 5.76. The van der Waals surface area contributed by atoms with Crippen molar-refractivity contribution >= 4 is 28.5 Å². The highest BCUT2D eigenvalue weighted by molar-refractivity contribution is 5.97. The Balaban J connectivity index is 1.44. The third-order valence-corrected chi connectivity index (χ3v) is 6.29. The van der Waals surface area contributed by atoms with E-state index in [0.29, 0.717) is 5.69 Å². The van der Waals surface area contributed by atoms with Gasteiger partial charge in [0.1, 0.15) is 12.6 Å². The summed E-state index contributed by atoms with van der Waals surface area (Å²) in [5, 5.41) is 11.6. The molecule has 4 aromatic carbocycles. The number of carbonyl (C=O) groups is 2. The number of hydrogen-bond acceptors (Lipinski definition) is 3. The van der Waals surface area contributed by atoms with Crippen LogP contribution in [0.3, 0.4) is 0 Å². The van der Waals surface area contributed by atoms with Crippen LogP contribution in [0, 0.1) is 0 Å². The summed E-state index contributed by atoms with van der Waals surface area (Å²) in [5.41, 5.74) is 4.98. The third-order valence-electron chi connectivity index (χ3n) is 6.29. The van der Waals surface area contributed by atoms with Crippen LogP contribution in [0.15, 0.2) is 91.0 Å². The average molecular weight is 437 g/mol. The van der Waals surface area contributed by atoms with Gasteiger partial charge in [-0.25, -0.2) is 9.59 Å². The lowest BCUT2D eigenvalue weighted by atomic mass is 9.98. The first-order valence-corrected chi connectivity index (χ1v) is 10.9. The number of fused-ring (bicyclic) bond motifs is 4. The Morgan fingerprint density at radius 1 is 0.848 bits per heavy atom. The van der Waals surface area contributed by atoms with Crippen LogP contribution < -0.4 is 4.90 Å². The predicted octanol–water partition coefficient (Wildman–Crippen LogP) is 6.07. The fraction of sp³-hybridized carbons (Fsp3) is 0.143. The second kappa shape index (κ2) is 8.43. The number of nitrogens with zero attached hydrogens (tertiary/aromatic N) is 1. The summed E-state index contributed by atoms with van der Waals surface area (Å²) in [6, 6.07) is 28.3. The first-order chi connectivity index (χ1) is 16.0. The maximum absolute atomic E-state index is 13.2. The van der Waals surface area contributed by atoms with E-state index >= 15 is 0 Å². The molecule has 5 rings (SSSR count). The van der Waals surface area contributed by atoms with E-state index in [0.717, 1.165) is 33.0 Å². The van der Waals surface area contributed by atoms with Crippen LogP contribution >= 0.6 is 0 Å². The Morgan fingerprint density at radius 2 is 1.42 bits per heavy atom. The molecule has 1 aliphatic rings. The van der Waals surface area contributed by atoms with Gasteiger partial charge in [0.2, 0.25) is 0 Å². The van der Waals surface area contributed by atoms with Crippen molar-refractivity contribution in [3.63, 3.8) is 0 Å². The summed E-state index contributed by atoms with van der Waals surface area (Å²) in [5.74, 6) is -1.20. The Kier molecular flexibility index (Phi) is 5.31. The Hall–Kier alpha value is -4.12. The summed E-state index contributed by atoms with van der Waals surface area (Å²) in [6.07, 6.45) is -0.679. The van der Waals surface area contributed by atoms with Gasteiger partial charge >= 0.3 is 12.1 Å². The van der Waals surface area contributed by atoms with Crippen LogP contribution in [0.2, 0.25) is 0 Å². The lowest BCUT2D eigenvalue weighted by Gasteiger charge is -2.27. The van der Waals surface area contributed by atoms with Gasteiger partial charge in [-0.15, -0.1) is 0 Å². The van der Waals surface area contributed by atoms with E-state index in [1.54, 1.807) is 6.07 Å². The fourth-order valence-corrected chi connectivity index (χ4v) is 4.59. The average Bonchev–Trinajstić information content (AvgIpc) is 3.16. The Labute approximate surface area is 191 Å². The van der Waals surface area contributed by atoms with E-state index < -0.39 is 18.1 Å². The smallest absolute Gasteiger partial charge is 0.415 e. The van der Waals surface area contributed by atoms with E-state index in [4.69, 9.17) is 4.74 Å². The largest absolute Gasteiger partial charge is 0.480 e. The lowest BCUT2D eigenvalue weighted by Crippen LogP contribution is -2.44. The molecular weight excluding hydrogens is 414 g/mol. The molecule has 0 heterocycles. The number of ether oxygens (including phenoxy) is 1. The van der Waals surface area contributed by atoms with Gasteiger partial charge < -0.3 is 9.84 Å². The number of anilines is 1. The number of benzene rings is 4. The van der Waals surface area contributed by atoms with Gasteiger partial charge in [0.25, 0.3) is 0 Å². The maximum Gasteiger partial charge on any atom is 0.415 e. The van der Waals surface area contributed by atoms with Gasteiger partial charge in [-0.1, -0.05) is 78.9 Å².